The van der Waals surface area contributed by atoms with Gasteiger partial charge in [0.25, 0.3) is 0 Å². The summed E-state index contributed by atoms with van der Waals surface area (Å²) in [7, 11) is 2.23. The van der Waals surface area contributed by atoms with Crippen LogP contribution < -0.4 is 9.79 Å². The van der Waals surface area contributed by atoms with Gasteiger partial charge in [0.15, 0.2) is 5.75 Å². The average Bonchev–Trinajstić information content (AvgIpc) is 3.71. The Morgan fingerprint density at radius 3 is 2.31 bits per heavy atom. The summed E-state index contributed by atoms with van der Waals surface area (Å²) in [6.45, 7) is 12.4. The van der Waals surface area contributed by atoms with Gasteiger partial charge in [-0.15, -0.1) is 11.3 Å². The zero-order chi connectivity index (χ0) is 30.5. The van der Waals surface area contributed by atoms with Crippen LogP contribution in [0.3, 0.4) is 0 Å². The third-order valence-electron chi connectivity index (χ3n) is 6.85. The minimum Gasteiger partial charge on any atom is -0.371 e. The maximum atomic E-state index is 10.9. The highest BCUT2D eigenvalue weighted by molar-refractivity contribution is 7.13. The smallest absolute Gasteiger partial charge is 0.167 e. The molecule has 228 valence electrons. The summed E-state index contributed by atoms with van der Waals surface area (Å²) >= 11 is 1.80. The third kappa shape index (κ3) is 12.1. The van der Waals surface area contributed by atoms with Gasteiger partial charge in [-0.1, -0.05) is 50.2 Å². The number of carbonyl (C=O) groups is 2. The Morgan fingerprint density at radius 2 is 1.74 bits per heavy atom. The molecule has 0 spiro atoms. The number of nitrogens with zero attached hydrogens (tertiary/aromatic N) is 2. The Bertz CT molecular complexity index is 1200. The molecule has 2 heterocycles. The molecule has 0 radical (unpaired) electrons. The van der Waals surface area contributed by atoms with Gasteiger partial charge in [0, 0.05) is 54.1 Å². The van der Waals surface area contributed by atoms with Crippen molar-refractivity contribution in [2.45, 2.75) is 78.5 Å². The molecule has 42 heavy (non-hydrogen) atoms. The molecule has 1 saturated carbocycles. The van der Waals surface area contributed by atoms with E-state index in [4.69, 9.17) is 9.78 Å². The lowest BCUT2D eigenvalue weighted by Crippen LogP contribution is -2.35. The van der Waals surface area contributed by atoms with Crippen molar-refractivity contribution in [1.82, 2.24) is 4.90 Å². The second kappa shape index (κ2) is 16.6. The molecule has 1 aromatic heterocycles. The lowest BCUT2D eigenvalue weighted by molar-refractivity contribution is -0.274. The van der Waals surface area contributed by atoms with E-state index in [0.717, 1.165) is 56.8 Å². The highest BCUT2D eigenvalue weighted by Gasteiger charge is 2.25. The van der Waals surface area contributed by atoms with Gasteiger partial charge < -0.3 is 19.4 Å². The predicted octanol–water partition coefficient (Wildman–Crippen LogP) is 8.06. The zero-order valence-electron chi connectivity index (χ0n) is 26.1. The second-order valence-corrected chi connectivity index (χ2v) is 13.4. The fraction of sp³-hybridized carbons (Fsp3) is 0.486. The summed E-state index contributed by atoms with van der Waals surface area (Å²) in [5.74, 6) is 1.03. The molecule has 2 fully saturated rings. The van der Waals surface area contributed by atoms with E-state index in [1.165, 1.54) is 28.8 Å². The number of aldehydes is 2. The van der Waals surface area contributed by atoms with E-state index in [-0.39, 0.29) is 17.4 Å². The van der Waals surface area contributed by atoms with Crippen molar-refractivity contribution in [2.75, 3.05) is 25.0 Å². The highest BCUT2D eigenvalue weighted by Crippen LogP contribution is 2.29. The first-order chi connectivity index (χ1) is 20.1. The van der Waals surface area contributed by atoms with Gasteiger partial charge in [0.1, 0.15) is 18.2 Å². The van der Waals surface area contributed by atoms with Crippen molar-refractivity contribution in [3.05, 3.63) is 71.6 Å². The SMILES string of the molecule is CC(C)(C)OOc1cccc(N2CCCC(C=O)C2)c1.CC(C)C=O.CN(Cc1ccc(-c2cccs2)cc1)C1CC1. The first-order valence-electron chi connectivity index (χ1n) is 15.0. The minimum atomic E-state index is -0.344. The normalized spacial score (nSPS) is 16.7. The van der Waals surface area contributed by atoms with Crippen LogP contribution in [0.2, 0.25) is 0 Å². The number of piperidine rings is 1. The largest absolute Gasteiger partial charge is 0.371 e. The molecule has 1 unspecified atom stereocenters. The Kier molecular flexibility index (Phi) is 13.2. The van der Waals surface area contributed by atoms with Crippen LogP contribution in [-0.2, 0) is 21.0 Å². The zero-order valence-corrected chi connectivity index (χ0v) is 26.9. The van der Waals surface area contributed by atoms with Gasteiger partial charge in [-0.25, -0.2) is 0 Å². The van der Waals surface area contributed by atoms with E-state index in [2.05, 4.69) is 58.6 Å². The third-order valence-corrected chi connectivity index (χ3v) is 7.77. The molecule has 3 aromatic rings. The summed E-state index contributed by atoms with van der Waals surface area (Å²) in [4.78, 5) is 37.2. The van der Waals surface area contributed by atoms with Crippen LogP contribution in [0.15, 0.2) is 66.0 Å². The van der Waals surface area contributed by atoms with Crippen molar-refractivity contribution < 1.29 is 19.4 Å². The molecule has 1 aliphatic carbocycles. The topological polar surface area (TPSA) is 59.1 Å². The molecular weight excluding hydrogens is 544 g/mol. The number of benzene rings is 2. The monoisotopic (exact) mass is 592 g/mol. The summed E-state index contributed by atoms with van der Waals surface area (Å²) in [5, 5.41) is 2.13. The van der Waals surface area contributed by atoms with E-state index in [1.54, 1.807) is 11.3 Å². The van der Waals surface area contributed by atoms with Crippen LogP contribution in [0.5, 0.6) is 5.75 Å². The molecule has 1 aliphatic heterocycles. The fourth-order valence-electron chi connectivity index (χ4n) is 4.41. The molecule has 7 heteroatoms. The molecule has 2 aliphatic rings. The summed E-state index contributed by atoms with van der Waals surface area (Å²) in [6, 6.07) is 21.9. The summed E-state index contributed by atoms with van der Waals surface area (Å²) in [5.41, 5.74) is 3.48. The molecule has 0 bridgehead atoms. The molecule has 6 nitrogen and oxygen atoms in total. The van der Waals surface area contributed by atoms with Crippen LogP contribution in [0.4, 0.5) is 5.69 Å². The van der Waals surface area contributed by atoms with Gasteiger partial charge in [-0.3, -0.25) is 4.90 Å². The second-order valence-electron chi connectivity index (χ2n) is 12.5. The Balaban J connectivity index is 0.000000200. The van der Waals surface area contributed by atoms with Crippen molar-refractivity contribution in [2.24, 2.45) is 11.8 Å². The fourth-order valence-corrected chi connectivity index (χ4v) is 5.14. The highest BCUT2D eigenvalue weighted by atomic mass is 32.1. The Hall–Kier alpha value is -3.00. The van der Waals surface area contributed by atoms with E-state index >= 15 is 0 Å². The number of hydrogen-bond donors (Lipinski definition) is 0. The first-order valence-corrected chi connectivity index (χ1v) is 15.9. The van der Waals surface area contributed by atoms with E-state index in [9.17, 15) is 9.59 Å². The maximum Gasteiger partial charge on any atom is 0.167 e. The van der Waals surface area contributed by atoms with Crippen molar-refractivity contribution in [3.63, 3.8) is 0 Å². The van der Waals surface area contributed by atoms with Crippen LogP contribution in [0.25, 0.3) is 10.4 Å². The Morgan fingerprint density at radius 1 is 1.02 bits per heavy atom. The van der Waals surface area contributed by atoms with Gasteiger partial charge >= 0.3 is 0 Å². The van der Waals surface area contributed by atoms with E-state index in [1.807, 2.05) is 58.9 Å². The van der Waals surface area contributed by atoms with Gasteiger partial charge in [0.2, 0.25) is 0 Å². The molecule has 5 rings (SSSR count). The number of thiophene rings is 1. The van der Waals surface area contributed by atoms with Crippen LogP contribution in [-0.4, -0.2) is 49.3 Å². The molecule has 0 amide bonds. The first kappa shape index (κ1) is 33.5. The van der Waals surface area contributed by atoms with Crippen LogP contribution in [0.1, 0.15) is 65.9 Å². The van der Waals surface area contributed by atoms with Gasteiger partial charge in [-0.2, -0.15) is 4.89 Å². The minimum absolute atomic E-state index is 0.138. The van der Waals surface area contributed by atoms with Crippen LogP contribution in [0, 0.1) is 11.8 Å². The van der Waals surface area contributed by atoms with E-state index < -0.39 is 0 Å². The van der Waals surface area contributed by atoms with Gasteiger partial charge in [-0.05, 0) is 88.2 Å². The standard InChI is InChI=1S/C16H23NO3.C15H17NS.C4H8O/c1-16(2,3)20-19-15-8-4-7-14(10-15)17-9-5-6-13(11-17)12-18;1-16(14-8-9-14)11-12-4-6-13(7-5-12)15-3-2-10-17-15;1-4(2)3-5/h4,7-8,10,12-13H,5-6,9,11H2,1-3H3;2-7,10,14H,8-9,11H2,1H3;3-4H,1-2H3. The number of rotatable bonds is 9. The van der Waals surface area contributed by atoms with E-state index in [0.29, 0.717) is 5.75 Å². The molecule has 0 N–H and O–H groups in total. The lowest BCUT2D eigenvalue weighted by atomic mass is 9.99. The number of anilines is 1. The maximum absolute atomic E-state index is 10.9. The molecule has 1 saturated heterocycles. The predicted molar refractivity (Wildman–Crippen MR) is 174 cm³/mol. The van der Waals surface area contributed by atoms with Crippen molar-refractivity contribution in [3.8, 4) is 16.2 Å². The van der Waals surface area contributed by atoms with Gasteiger partial charge in [0.05, 0.1) is 0 Å². The van der Waals surface area contributed by atoms with Crippen molar-refractivity contribution in [1.29, 1.82) is 0 Å². The van der Waals surface area contributed by atoms with Crippen LogP contribution >= 0.6 is 11.3 Å². The number of hydrogen-bond acceptors (Lipinski definition) is 7. The molecule has 2 aromatic carbocycles. The van der Waals surface area contributed by atoms with Crippen molar-refractivity contribution >= 4 is 29.6 Å². The number of carbonyl (C=O) groups excluding carboxylic acids is 2. The lowest BCUT2D eigenvalue weighted by Gasteiger charge is -2.32. The molecular formula is C35H48N2O4S. The summed E-state index contributed by atoms with van der Waals surface area (Å²) in [6.07, 6.45) is 6.78. The quantitative estimate of drug-likeness (QED) is 0.142. The average molecular weight is 593 g/mol. The molecule has 1 atom stereocenters. The Labute approximate surface area is 256 Å². The summed E-state index contributed by atoms with van der Waals surface area (Å²) < 4.78 is 0.